The van der Waals surface area contributed by atoms with Gasteiger partial charge in [-0.25, -0.2) is 0 Å². The molecule has 4 aliphatic heterocycles. The highest BCUT2D eigenvalue weighted by Gasteiger charge is 2.71. The zero-order chi connectivity index (χ0) is 46.6. The van der Waals surface area contributed by atoms with Gasteiger partial charge in [0.15, 0.2) is 25.2 Å². The van der Waals surface area contributed by atoms with Gasteiger partial charge < -0.3 is 84.2 Å². The third kappa shape index (κ3) is 7.89. The maximum Gasteiger partial charge on any atom is 0.187 e. The molecule has 0 unspecified atom stereocenters. The van der Waals surface area contributed by atoms with E-state index in [2.05, 4.69) is 34.6 Å². The summed E-state index contributed by atoms with van der Waals surface area (Å²) in [7, 11) is 0. The van der Waals surface area contributed by atoms with Crippen LogP contribution in [0.15, 0.2) is 11.6 Å². The van der Waals surface area contributed by atoms with Crippen molar-refractivity contribution in [3.8, 4) is 0 Å². The Bertz CT molecular complexity index is 1680. The van der Waals surface area contributed by atoms with E-state index in [4.69, 9.17) is 33.2 Å². The van der Waals surface area contributed by atoms with Gasteiger partial charge in [-0.05, 0) is 117 Å². The highest BCUT2D eigenvalue weighted by molar-refractivity contribution is 5.20. The molecule has 4 saturated heterocycles. The summed E-state index contributed by atoms with van der Waals surface area (Å²) in [5.41, 5.74) is -0.776. The van der Waals surface area contributed by atoms with E-state index in [1.54, 1.807) is 0 Å². The number of aliphatic hydroxyl groups excluding tert-OH is 9. The molecule has 0 aromatic heterocycles. The summed E-state index contributed by atoms with van der Waals surface area (Å²) in [4.78, 5) is 0. The van der Waals surface area contributed by atoms with Crippen LogP contribution in [0.25, 0.3) is 0 Å². The van der Waals surface area contributed by atoms with Gasteiger partial charge in [-0.2, -0.15) is 0 Å². The number of hydrogen-bond acceptors (Lipinski definition) is 17. The SMILES string of the molecule is CC(C)=C[C@H]1C[C@](O)([C@H]2CC[C@]3(C)[C@@H]2CC[C@@H]2[C@@]4(C)CC[C@H](O[C@@H]5OC[C@@H](O)[C@H](O[C@@H]6O[C@H](CO)[C@@H](O)[C@H](O)[C@H]6O)[C@@H]5O[C@H]5O[C@H](C)[C@@H](O)[C@H](O)[C@@H]5O)C(C)(C)[C@@H]4CC[C@]23C)[C@H](O)O1. The van der Waals surface area contributed by atoms with Crippen LogP contribution in [-0.4, -0.2) is 174 Å². The van der Waals surface area contributed by atoms with Crippen molar-refractivity contribution in [2.75, 3.05) is 13.2 Å². The molecule has 8 rings (SSSR count). The minimum atomic E-state index is -1.80. The van der Waals surface area contributed by atoms with Crippen molar-refractivity contribution in [2.45, 2.75) is 223 Å². The molecule has 368 valence electrons. The largest absolute Gasteiger partial charge is 0.394 e. The summed E-state index contributed by atoms with van der Waals surface area (Å²) in [5, 5.41) is 109. The van der Waals surface area contributed by atoms with Gasteiger partial charge >= 0.3 is 0 Å². The van der Waals surface area contributed by atoms with Crippen molar-refractivity contribution in [1.82, 2.24) is 0 Å². The molecule has 0 aromatic rings. The fourth-order valence-corrected chi connectivity index (χ4v) is 15.1. The summed E-state index contributed by atoms with van der Waals surface area (Å²) in [6, 6.07) is 0. The molecule has 25 atom stereocenters. The molecule has 0 bridgehead atoms. The molecule has 4 heterocycles. The van der Waals surface area contributed by atoms with Crippen LogP contribution in [0.3, 0.4) is 0 Å². The Morgan fingerprint density at radius 1 is 0.641 bits per heavy atom. The lowest BCUT2D eigenvalue weighted by Crippen LogP contribution is -2.66. The van der Waals surface area contributed by atoms with Crippen LogP contribution in [0.5, 0.6) is 0 Å². The Labute approximate surface area is 377 Å². The van der Waals surface area contributed by atoms with Crippen LogP contribution >= 0.6 is 0 Å². The first-order valence-corrected chi connectivity index (χ1v) is 23.9. The lowest BCUT2D eigenvalue weighted by molar-refractivity contribution is -0.388. The van der Waals surface area contributed by atoms with E-state index in [0.717, 1.165) is 50.5 Å². The number of ether oxygens (including phenoxy) is 7. The molecule has 4 aliphatic carbocycles. The first-order valence-electron chi connectivity index (χ1n) is 23.9. The first-order chi connectivity index (χ1) is 29.9. The summed E-state index contributed by atoms with van der Waals surface area (Å²) in [6.07, 6.45) is -13.3. The molecule has 0 radical (unpaired) electrons. The molecule has 4 saturated carbocycles. The zero-order valence-electron chi connectivity index (χ0n) is 38.8. The number of fused-ring (bicyclic) bond motifs is 5. The van der Waals surface area contributed by atoms with Gasteiger partial charge in [0.05, 0.1) is 31.5 Å². The maximum absolute atomic E-state index is 12.2. The fraction of sp³-hybridized carbons (Fsp3) is 0.957. The van der Waals surface area contributed by atoms with E-state index < -0.39 is 116 Å². The molecular weight excluding hydrogens is 836 g/mol. The van der Waals surface area contributed by atoms with Gasteiger partial charge in [0.2, 0.25) is 0 Å². The summed E-state index contributed by atoms with van der Waals surface area (Å²) in [5.74, 6) is 0.785. The topological polar surface area (TPSA) is 267 Å². The highest BCUT2D eigenvalue weighted by Crippen LogP contribution is 2.76. The van der Waals surface area contributed by atoms with E-state index >= 15 is 0 Å². The average Bonchev–Trinajstić information content (AvgIpc) is 3.74. The van der Waals surface area contributed by atoms with Crippen LogP contribution in [0, 0.1) is 45.3 Å². The van der Waals surface area contributed by atoms with Crippen molar-refractivity contribution in [3.63, 3.8) is 0 Å². The van der Waals surface area contributed by atoms with E-state index in [1.807, 2.05) is 19.9 Å². The van der Waals surface area contributed by atoms with Crippen molar-refractivity contribution >= 4 is 0 Å². The Balaban J connectivity index is 1.03. The van der Waals surface area contributed by atoms with Gasteiger partial charge in [0.1, 0.15) is 66.6 Å². The van der Waals surface area contributed by atoms with Crippen LogP contribution in [0.4, 0.5) is 0 Å². The lowest BCUT2D eigenvalue weighted by atomic mass is 9.35. The molecule has 64 heavy (non-hydrogen) atoms. The summed E-state index contributed by atoms with van der Waals surface area (Å²) >= 11 is 0. The molecule has 8 aliphatic rings. The standard InChI is InChI=1S/C47H78O17/c1-21(2)17-23-18-47(57,42(56)60-23)25-11-15-45(7)24(25)9-10-29-44(6)14-13-30(43(4,5)28(44)12-16-46(29,45)8)62-41-38(64-39-35(54)33(52)31(50)22(3)59-39)37(26(49)20-58-41)63-40-36(55)34(53)32(51)27(19-48)61-40/h17,22-42,48-57H,9-16,18-20H2,1-8H3/t22-,23+,24-,25+,26-,27-,28+,29-,30+,31-,32-,33+,34+,35+,36-,37+,38+,39-,40+,41+,42-,44+,45-,46-,47+/m1/s1. The van der Waals surface area contributed by atoms with Crippen molar-refractivity contribution in [1.29, 1.82) is 0 Å². The molecule has 0 amide bonds. The van der Waals surface area contributed by atoms with Crippen molar-refractivity contribution in [2.24, 2.45) is 45.3 Å². The second kappa shape index (κ2) is 17.8. The van der Waals surface area contributed by atoms with Crippen molar-refractivity contribution < 1.29 is 84.2 Å². The molecule has 0 aromatic carbocycles. The molecule has 8 fully saturated rings. The predicted molar refractivity (Wildman–Crippen MR) is 225 cm³/mol. The Hall–Kier alpha value is -0.940. The number of hydrogen-bond donors (Lipinski definition) is 10. The Morgan fingerprint density at radius 3 is 1.95 bits per heavy atom. The minimum absolute atomic E-state index is 0.0214. The van der Waals surface area contributed by atoms with E-state index in [0.29, 0.717) is 18.8 Å². The average molecular weight is 915 g/mol. The van der Waals surface area contributed by atoms with Crippen LogP contribution < -0.4 is 0 Å². The third-order valence-electron chi connectivity index (χ3n) is 18.7. The number of aliphatic hydroxyl groups is 10. The smallest absolute Gasteiger partial charge is 0.187 e. The maximum atomic E-state index is 12.2. The minimum Gasteiger partial charge on any atom is -0.394 e. The Kier molecular flexibility index (Phi) is 13.8. The molecule has 17 heteroatoms. The molecular formula is C47H78O17. The van der Waals surface area contributed by atoms with Gasteiger partial charge in [-0.1, -0.05) is 46.3 Å². The van der Waals surface area contributed by atoms with Gasteiger partial charge in [-0.15, -0.1) is 0 Å². The van der Waals surface area contributed by atoms with E-state index in [-0.39, 0.29) is 46.7 Å². The quantitative estimate of drug-likeness (QED) is 0.114. The lowest BCUT2D eigenvalue weighted by Gasteiger charge is -2.70. The number of allylic oxidation sites excluding steroid dienone is 1. The zero-order valence-corrected chi connectivity index (χ0v) is 38.8. The third-order valence-corrected chi connectivity index (χ3v) is 18.7. The summed E-state index contributed by atoms with van der Waals surface area (Å²) in [6.45, 7) is 16.3. The van der Waals surface area contributed by atoms with Crippen LogP contribution in [-0.2, 0) is 33.2 Å². The number of rotatable bonds is 9. The van der Waals surface area contributed by atoms with Crippen LogP contribution in [0.1, 0.15) is 113 Å². The normalized spacial score (nSPS) is 56.2. The van der Waals surface area contributed by atoms with Gasteiger partial charge in [0.25, 0.3) is 0 Å². The summed E-state index contributed by atoms with van der Waals surface area (Å²) < 4.78 is 43.1. The molecule has 0 spiro atoms. The van der Waals surface area contributed by atoms with Gasteiger partial charge in [-0.3, -0.25) is 0 Å². The van der Waals surface area contributed by atoms with Crippen molar-refractivity contribution in [3.05, 3.63) is 11.6 Å². The van der Waals surface area contributed by atoms with E-state index in [1.165, 1.54) is 6.92 Å². The predicted octanol–water partition coefficient (Wildman–Crippen LogP) is 0.976. The first kappa shape index (κ1) is 49.5. The second-order valence-corrected chi connectivity index (χ2v) is 22.6. The second-order valence-electron chi connectivity index (χ2n) is 22.6. The molecule has 10 N–H and O–H groups in total. The van der Waals surface area contributed by atoms with Crippen LogP contribution in [0.2, 0.25) is 0 Å². The monoisotopic (exact) mass is 915 g/mol. The molecule has 17 nitrogen and oxygen atoms in total. The van der Waals surface area contributed by atoms with E-state index in [9.17, 15) is 51.1 Å². The fourth-order valence-electron chi connectivity index (χ4n) is 15.1. The van der Waals surface area contributed by atoms with Gasteiger partial charge in [0, 0.05) is 6.42 Å². The highest BCUT2D eigenvalue weighted by atomic mass is 16.8. The Morgan fingerprint density at radius 2 is 1.28 bits per heavy atom.